The number of ether oxygens (including phenoxy) is 1. The summed E-state index contributed by atoms with van der Waals surface area (Å²) in [6, 6.07) is 6.84. The molecular formula is C14H18O5S. The van der Waals surface area contributed by atoms with Crippen LogP contribution in [-0.4, -0.2) is 38.1 Å². The first-order valence-electron chi connectivity index (χ1n) is 6.50. The van der Waals surface area contributed by atoms with Crippen molar-refractivity contribution in [3.05, 3.63) is 29.8 Å². The van der Waals surface area contributed by atoms with Crippen LogP contribution in [-0.2, 0) is 14.6 Å². The van der Waals surface area contributed by atoms with Gasteiger partial charge in [-0.05, 0) is 36.5 Å². The van der Waals surface area contributed by atoms with Gasteiger partial charge in [-0.25, -0.2) is 8.42 Å². The predicted octanol–water partition coefficient (Wildman–Crippen LogP) is 1.69. The Morgan fingerprint density at radius 3 is 2.80 bits per heavy atom. The van der Waals surface area contributed by atoms with Crippen molar-refractivity contribution >= 4 is 15.8 Å². The summed E-state index contributed by atoms with van der Waals surface area (Å²) in [7, 11) is -1.61. The summed E-state index contributed by atoms with van der Waals surface area (Å²) >= 11 is 0. The maximum Gasteiger partial charge on any atom is 0.311 e. The Bertz CT molecular complexity index is 593. The molecular weight excluding hydrogens is 280 g/mol. The van der Waals surface area contributed by atoms with E-state index in [1.54, 1.807) is 24.3 Å². The van der Waals surface area contributed by atoms with Crippen LogP contribution in [0.5, 0.6) is 5.75 Å². The quantitative estimate of drug-likeness (QED) is 0.915. The van der Waals surface area contributed by atoms with Gasteiger partial charge < -0.3 is 9.84 Å². The highest BCUT2D eigenvalue weighted by molar-refractivity contribution is 7.91. The van der Waals surface area contributed by atoms with E-state index in [0.717, 1.165) is 0 Å². The number of rotatable bonds is 4. The van der Waals surface area contributed by atoms with E-state index in [0.29, 0.717) is 24.2 Å². The van der Waals surface area contributed by atoms with Gasteiger partial charge in [0.25, 0.3) is 0 Å². The van der Waals surface area contributed by atoms with Crippen molar-refractivity contribution in [2.75, 3.05) is 18.6 Å². The molecule has 1 heterocycles. The number of carbonyl (C=O) groups is 1. The molecule has 20 heavy (non-hydrogen) atoms. The van der Waals surface area contributed by atoms with Gasteiger partial charge >= 0.3 is 5.97 Å². The molecule has 1 saturated heterocycles. The first-order chi connectivity index (χ1) is 9.43. The largest absolute Gasteiger partial charge is 0.497 e. The van der Waals surface area contributed by atoms with Crippen molar-refractivity contribution in [2.45, 2.75) is 18.8 Å². The van der Waals surface area contributed by atoms with Crippen molar-refractivity contribution in [3.8, 4) is 5.75 Å². The molecule has 2 atom stereocenters. The summed E-state index contributed by atoms with van der Waals surface area (Å²) in [6.07, 6.45) is 1.15. The van der Waals surface area contributed by atoms with Gasteiger partial charge in [0.15, 0.2) is 9.84 Å². The molecule has 1 aromatic rings. The Kier molecular flexibility index (Phi) is 4.32. The molecule has 110 valence electrons. The average Bonchev–Trinajstić information content (AvgIpc) is 2.37. The average molecular weight is 298 g/mol. The molecule has 1 aliphatic heterocycles. The Balaban J connectivity index is 2.33. The van der Waals surface area contributed by atoms with E-state index in [9.17, 15) is 18.3 Å². The lowest BCUT2D eigenvalue weighted by atomic mass is 9.84. The van der Waals surface area contributed by atoms with E-state index in [4.69, 9.17) is 4.74 Å². The number of aliphatic carboxylic acids is 1. The highest BCUT2D eigenvalue weighted by Crippen LogP contribution is 2.34. The number of carboxylic acid groups (broad SMARTS) is 1. The highest BCUT2D eigenvalue weighted by atomic mass is 32.2. The monoisotopic (exact) mass is 298 g/mol. The van der Waals surface area contributed by atoms with Gasteiger partial charge in [0, 0.05) is 0 Å². The molecule has 2 rings (SSSR count). The fourth-order valence-electron chi connectivity index (χ4n) is 2.77. The van der Waals surface area contributed by atoms with Gasteiger partial charge in [-0.3, -0.25) is 4.79 Å². The maximum atomic E-state index is 11.7. The van der Waals surface area contributed by atoms with Crippen LogP contribution >= 0.6 is 0 Å². The van der Waals surface area contributed by atoms with Crippen LogP contribution in [0.15, 0.2) is 24.3 Å². The van der Waals surface area contributed by atoms with Gasteiger partial charge in [-0.15, -0.1) is 0 Å². The fraction of sp³-hybridized carbons (Fsp3) is 0.500. The summed E-state index contributed by atoms with van der Waals surface area (Å²) in [4.78, 5) is 11.6. The van der Waals surface area contributed by atoms with E-state index in [-0.39, 0.29) is 17.4 Å². The summed E-state index contributed by atoms with van der Waals surface area (Å²) in [5.74, 6) is -1.49. The van der Waals surface area contributed by atoms with Crippen molar-refractivity contribution < 1.29 is 23.1 Å². The normalized spacial score (nSPS) is 22.9. The van der Waals surface area contributed by atoms with E-state index < -0.39 is 21.7 Å². The number of hydrogen-bond donors (Lipinski definition) is 1. The lowest BCUT2D eigenvalue weighted by Gasteiger charge is -2.27. The van der Waals surface area contributed by atoms with Gasteiger partial charge in [0.1, 0.15) is 5.75 Å². The number of sulfone groups is 1. The molecule has 0 aromatic heterocycles. The second-order valence-electron chi connectivity index (χ2n) is 5.11. The molecule has 1 N–H and O–H groups in total. The SMILES string of the molecule is COc1cccc(C(C(=O)O)C2CCCS(=O)(=O)C2)c1. The summed E-state index contributed by atoms with van der Waals surface area (Å²) in [5, 5.41) is 9.48. The fourth-order valence-corrected chi connectivity index (χ4v) is 4.56. The summed E-state index contributed by atoms with van der Waals surface area (Å²) in [6.45, 7) is 0. The van der Waals surface area contributed by atoms with Crippen molar-refractivity contribution in [1.82, 2.24) is 0 Å². The molecule has 5 nitrogen and oxygen atoms in total. The molecule has 0 bridgehead atoms. The summed E-state index contributed by atoms with van der Waals surface area (Å²) < 4.78 is 28.6. The van der Waals surface area contributed by atoms with Crippen LogP contribution in [0, 0.1) is 5.92 Å². The van der Waals surface area contributed by atoms with Gasteiger partial charge in [-0.1, -0.05) is 12.1 Å². The molecule has 0 aliphatic carbocycles. The van der Waals surface area contributed by atoms with E-state index in [1.807, 2.05) is 0 Å². The zero-order valence-corrected chi connectivity index (χ0v) is 12.1. The standard InChI is InChI=1S/C14H18O5S/c1-19-12-6-2-4-10(8-12)13(14(15)16)11-5-3-7-20(17,18)9-11/h2,4,6,8,11,13H,3,5,7,9H2,1H3,(H,15,16). The van der Waals surface area contributed by atoms with Crippen molar-refractivity contribution in [2.24, 2.45) is 5.92 Å². The number of methoxy groups -OCH3 is 1. The van der Waals surface area contributed by atoms with Gasteiger partial charge in [0.2, 0.25) is 0 Å². The molecule has 1 aromatic carbocycles. The van der Waals surface area contributed by atoms with Crippen LogP contribution in [0.1, 0.15) is 24.3 Å². The van der Waals surface area contributed by atoms with Crippen LogP contribution < -0.4 is 4.74 Å². The minimum Gasteiger partial charge on any atom is -0.497 e. The topological polar surface area (TPSA) is 80.7 Å². The van der Waals surface area contributed by atoms with Gasteiger partial charge in [-0.2, -0.15) is 0 Å². The zero-order valence-electron chi connectivity index (χ0n) is 11.3. The molecule has 6 heteroatoms. The Morgan fingerprint density at radius 2 is 2.20 bits per heavy atom. The van der Waals surface area contributed by atoms with Crippen molar-refractivity contribution in [1.29, 1.82) is 0 Å². The van der Waals surface area contributed by atoms with E-state index >= 15 is 0 Å². The zero-order chi connectivity index (χ0) is 14.8. The van der Waals surface area contributed by atoms with E-state index in [2.05, 4.69) is 0 Å². The minimum atomic E-state index is -3.13. The number of benzene rings is 1. The molecule has 0 radical (unpaired) electrons. The third-order valence-electron chi connectivity index (χ3n) is 3.69. The van der Waals surface area contributed by atoms with Crippen LogP contribution in [0.3, 0.4) is 0 Å². The summed E-state index contributed by atoms with van der Waals surface area (Å²) in [5.41, 5.74) is 0.596. The predicted molar refractivity (Wildman–Crippen MR) is 74.7 cm³/mol. The lowest BCUT2D eigenvalue weighted by Crippen LogP contribution is -2.32. The smallest absolute Gasteiger partial charge is 0.311 e. The van der Waals surface area contributed by atoms with E-state index in [1.165, 1.54) is 7.11 Å². The highest BCUT2D eigenvalue weighted by Gasteiger charge is 2.35. The second-order valence-corrected chi connectivity index (χ2v) is 7.34. The molecule has 1 aliphatic rings. The van der Waals surface area contributed by atoms with Crippen LogP contribution in [0.25, 0.3) is 0 Å². The molecule has 0 spiro atoms. The number of carboxylic acids is 1. The molecule has 2 unspecified atom stereocenters. The number of hydrogen-bond acceptors (Lipinski definition) is 4. The first kappa shape index (κ1) is 14.8. The third kappa shape index (κ3) is 3.30. The van der Waals surface area contributed by atoms with Gasteiger partial charge in [0.05, 0.1) is 24.5 Å². The maximum absolute atomic E-state index is 11.7. The Labute approximate surface area is 118 Å². The Morgan fingerprint density at radius 1 is 1.45 bits per heavy atom. The van der Waals surface area contributed by atoms with Crippen LogP contribution in [0.2, 0.25) is 0 Å². The molecule has 0 saturated carbocycles. The van der Waals surface area contributed by atoms with Crippen LogP contribution in [0.4, 0.5) is 0 Å². The third-order valence-corrected chi connectivity index (χ3v) is 5.54. The minimum absolute atomic E-state index is 0.0544. The van der Waals surface area contributed by atoms with Crippen molar-refractivity contribution in [3.63, 3.8) is 0 Å². The second kappa shape index (κ2) is 5.83. The molecule has 1 fully saturated rings. The molecule has 0 amide bonds. The Hall–Kier alpha value is -1.56. The first-order valence-corrected chi connectivity index (χ1v) is 8.32. The lowest BCUT2D eigenvalue weighted by molar-refractivity contribution is -0.140.